The topological polar surface area (TPSA) is 46.2 Å². The van der Waals surface area contributed by atoms with Gasteiger partial charge in [0.25, 0.3) is 0 Å². The van der Waals surface area contributed by atoms with E-state index in [1.807, 2.05) is 22.6 Å². The molecule has 4 heteroatoms. The third kappa shape index (κ3) is 5.75. The summed E-state index contributed by atoms with van der Waals surface area (Å²) in [5, 5.41) is 2.49. The number of halogens is 1. The zero-order chi connectivity index (χ0) is 7.28. The van der Waals surface area contributed by atoms with E-state index in [0.29, 0.717) is 6.54 Å². The first-order valence-corrected chi connectivity index (χ1v) is 3.67. The quantitative estimate of drug-likeness (QED) is 0.559. The van der Waals surface area contributed by atoms with Gasteiger partial charge in [0.2, 0.25) is 12.2 Å². The lowest BCUT2D eigenvalue weighted by Crippen LogP contribution is -2.27. The highest BCUT2D eigenvalue weighted by Gasteiger charge is 2.01. The fraction of sp³-hybridized carbons (Fsp3) is 0.600. The van der Waals surface area contributed by atoms with E-state index in [4.69, 9.17) is 0 Å². The van der Waals surface area contributed by atoms with Gasteiger partial charge >= 0.3 is 0 Å². The van der Waals surface area contributed by atoms with Crippen molar-refractivity contribution in [2.75, 3.05) is 6.54 Å². The van der Waals surface area contributed by atoms with Crippen LogP contribution in [0.5, 0.6) is 0 Å². The fourth-order valence-corrected chi connectivity index (χ4v) is 0.495. The van der Waals surface area contributed by atoms with Crippen molar-refractivity contribution in [1.82, 2.24) is 5.32 Å². The third-order valence-corrected chi connectivity index (χ3v) is 1.35. The molecule has 51 valence electrons. The first kappa shape index (κ1) is 8.87. The third-order valence-electron chi connectivity index (χ3n) is 0.658. The van der Waals surface area contributed by atoms with Crippen LogP contribution in [0.25, 0.3) is 0 Å². The molecule has 1 amide bonds. The zero-order valence-corrected chi connectivity index (χ0v) is 7.14. The van der Waals surface area contributed by atoms with E-state index in [2.05, 4.69) is 5.32 Å². The summed E-state index contributed by atoms with van der Waals surface area (Å²) >= 11 is 1.90. The van der Waals surface area contributed by atoms with Gasteiger partial charge in [-0.15, -0.1) is 0 Å². The summed E-state index contributed by atoms with van der Waals surface area (Å²) in [7, 11) is 0. The summed E-state index contributed by atoms with van der Waals surface area (Å²) in [5.74, 6) is -0.119. The smallest absolute Gasteiger partial charge is 0.216 e. The molecule has 1 unspecified atom stereocenters. The van der Waals surface area contributed by atoms with E-state index in [-0.39, 0.29) is 9.83 Å². The van der Waals surface area contributed by atoms with Gasteiger partial charge in [-0.2, -0.15) is 0 Å². The maximum atomic E-state index is 10.2. The Morgan fingerprint density at radius 2 is 2.44 bits per heavy atom. The van der Waals surface area contributed by atoms with Crippen LogP contribution < -0.4 is 5.32 Å². The normalized spacial score (nSPS) is 12.2. The molecule has 0 aromatic rings. The molecule has 0 bridgehead atoms. The van der Waals surface area contributed by atoms with Crippen LogP contribution in [0.2, 0.25) is 0 Å². The van der Waals surface area contributed by atoms with Crippen LogP contribution >= 0.6 is 22.6 Å². The molecule has 9 heavy (non-hydrogen) atoms. The van der Waals surface area contributed by atoms with E-state index >= 15 is 0 Å². The molecule has 0 aromatic carbocycles. The Kier molecular flexibility index (Phi) is 4.65. The number of carbonyl (C=O) groups is 1. The Balaban J connectivity index is 3.26. The molecule has 0 rings (SSSR count). The number of hydrogen-bond donors (Lipinski definition) is 1. The van der Waals surface area contributed by atoms with E-state index in [1.165, 1.54) is 6.92 Å². The minimum Gasteiger partial charge on any atom is -0.355 e. The van der Waals surface area contributed by atoms with Crippen LogP contribution in [0, 0.1) is 0 Å². The van der Waals surface area contributed by atoms with Crippen LogP contribution in [-0.4, -0.2) is 22.7 Å². The minimum atomic E-state index is -0.230. The second kappa shape index (κ2) is 4.72. The van der Waals surface area contributed by atoms with Crippen molar-refractivity contribution in [2.24, 2.45) is 0 Å². The first-order valence-electron chi connectivity index (χ1n) is 2.43. The van der Waals surface area contributed by atoms with Crippen molar-refractivity contribution in [1.29, 1.82) is 0 Å². The van der Waals surface area contributed by atoms with Gasteiger partial charge < -0.3 is 5.32 Å². The van der Waals surface area contributed by atoms with Gasteiger partial charge in [0.1, 0.15) is 0 Å². The monoisotopic (exact) mass is 240 g/mol. The SMILES string of the molecule is CC(=O)NCC(I)[C]=O. The Labute approximate surface area is 67.3 Å². The summed E-state index contributed by atoms with van der Waals surface area (Å²) in [6, 6.07) is 0. The molecular weight excluding hydrogens is 233 g/mol. The highest BCUT2D eigenvalue weighted by Crippen LogP contribution is 1.92. The van der Waals surface area contributed by atoms with E-state index < -0.39 is 0 Å². The van der Waals surface area contributed by atoms with Crippen molar-refractivity contribution >= 4 is 34.8 Å². The van der Waals surface area contributed by atoms with Crippen molar-refractivity contribution in [3.8, 4) is 0 Å². The summed E-state index contributed by atoms with van der Waals surface area (Å²) in [5.41, 5.74) is 0. The number of amides is 1. The maximum Gasteiger partial charge on any atom is 0.216 e. The molecule has 0 aliphatic carbocycles. The van der Waals surface area contributed by atoms with E-state index in [0.717, 1.165) is 0 Å². The molecule has 0 saturated carbocycles. The molecular formula is C5H7INO2. The Morgan fingerprint density at radius 1 is 1.89 bits per heavy atom. The number of nitrogens with one attached hydrogen (secondary N) is 1. The van der Waals surface area contributed by atoms with Gasteiger partial charge in [0.15, 0.2) is 0 Å². The second-order valence-electron chi connectivity index (χ2n) is 1.52. The molecule has 0 saturated heterocycles. The van der Waals surface area contributed by atoms with Crippen LogP contribution in [0.15, 0.2) is 0 Å². The van der Waals surface area contributed by atoms with Gasteiger partial charge in [-0.3, -0.25) is 9.59 Å². The molecule has 0 aliphatic heterocycles. The fourth-order valence-electron chi connectivity index (χ4n) is 0.275. The molecule has 0 aliphatic rings. The largest absolute Gasteiger partial charge is 0.355 e. The molecule has 0 spiro atoms. The second-order valence-corrected chi connectivity index (χ2v) is 3.03. The van der Waals surface area contributed by atoms with Crippen molar-refractivity contribution in [3.05, 3.63) is 0 Å². The van der Waals surface area contributed by atoms with Gasteiger partial charge in [-0.1, -0.05) is 22.6 Å². The van der Waals surface area contributed by atoms with Crippen LogP contribution in [0.1, 0.15) is 6.92 Å². The molecule has 3 nitrogen and oxygen atoms in total. The van der Waals surface area contributed by atoms with Gasteiger partial charge in [-0.05, 0) is 0 Å². The highest BCUT2D eigenvalue weighted by atomic mass is 127. The van der Waals surface area contributed by atoms with Crippen molar-refractivity contribution < 1.29 is 9.59 Å². The number of hydrogen-bond acceptors (Lipinski definition) is 2. The number of alkyl halides is 1. The van der Waals surface area contributed by atoms with Crippen LogP contribution in [0.4, 0.5) is 0 Å². The Bertz CT molecular complexity index is 116. The lowest BCUT2D eigenvalue weighted by Gasteiger charge is -1.99. The van der Waals surface area contributed by atoms with Crippen molar-refractivity contribution in [2.45, 2.75) is 10.8 Å². The van der Waals surface area contributed by atoms with Gasteiger partial charge in [-0.25, -0.2) is 0 Å². The number of rotatable bonds is 3. The van der Waals surface area contributed by atoms with Crippen LogP contribution in [0.3, 0.4) is 0 Å². The molecule has 0 heterocycles. The average Bonchev–Trinajstić information content (AvgIpc) is 1.83. The molecule has 1 radical (unpaired) electrons. The highest BCUT2D eigenvalue weighted by molar-refractivity contribution is 14.1. The molecule has 0 aromatic heterocycles. The standard InChI is InChI=1S/C5H7INO2/c1-4(9)7-2-5(6)3-8/h5H,2H2,1H3,(H,7,9). The summed E-state index contributed by atoms with van der Waals surface area (Å²) in [6.45, 7) is 1.79. The predicted octanol–water partition coefficient (Wildman–Crippen LogP) is 0.0358. The Morgan fingerprint density at radius 3 is 2.78 bits per heavy atom. The lowest BCUT2D eigenvalue weighted by molar-refractivity contribution is -0.118. The van der Waals surface area contributed by atoms with Gasteiger partial charge in [0, 0.05) is 13.5 Å². The van der Waals surface area contributed by atoms with E-state index in [9.17, 15) is 9.59 Å². The van der Waals surface area contributed by atoms with Gasteiger partial charge in [0.05, 0.1) is 3.92 Å². The predicted molar refractivity (Wildman–Crippen MR) is 42.2 cm³/mol. The molecule has 0 fully saturated rings. The first-order chi connectivity index (χ1) is 4.16. The molecule has 1 N–H and O–H groups in total. The zero-order valence-electron chi connectivity index (χ0n) is 4.98. The maximum absolute atomic E-state index is 10.2. The summed E-state index contributed by atoms with van der Waals surface area (Å²) in [4.78, 5) is 20.1. The average molecular weight is 240 g/mol. The summed E-state index contributed by atoms with van der Waals surface area (Å²) < 4.78 is -0.230. The summed E-state index contributed by atoms with van der Waals surface area (Å²) in [6.07, 6.45) is 1.74. The minimum absolute atomic E-state index is 0.119. The lowest BCUT2D eigenvalue weighted by atomic mass is 10.4. The van der Waals surface area contributed by atoms with Crippen LogP contribution in [-0.2, 0) is 9.59 Å². The molecule has 1 atom stereocenters. The number of carbonyl (C=O) groups excluding carboxylic acids is 2. The Hall–Kier alpha value is -0.130. The van der Waals surface area contributed by atoms with E-state index in [1.54, 1.807) is 6.29 Å². The van der Waals surface area contributed by atoms with Crippen molar-refractivity contribution in [3.63, 3.8) is 0 Å².